The van der Waals surface area contributed by atoms with Crippen molar-refractivity contribution in [2.24, 2.45) is 0 Å². The molecule has 0 fully saturated rings. The molecule has 0 unspecified atom stereocenters. The van der Waals surface area contributed by atoms with Gasteiger partial charge in [0.15, 0.2) is 17.5 Å². The summed E-state index contributed by atoms with van der Waals surface area (Å²) < 4.78 is 9.21. The van der Waals surface area contributed by atoms with Crippen LogP contribution in [-0.2, 0) is 0 Å². The Balaban J connectivity index is 1.12. The predicted octanol–water partition coefficient (Wildman–Crippen LogP) is 15.0. The molecular weight excluding hydrogens is 757 g/mol. The molecule has 0 aliphatic carbocycles. The number of hydrogen-bond donors (Lipinski definition) is 0. The molecule has 0 aliphatic rings. The first-order valence-electron chi connectivity index (χ1n) is 20.9. The van der Waals surface area contributed by atoms with E-state index in [1.54, 1.807) is 0 Å². The third-order valence-electron chi connectivity index (χ3n) is 12.4. The van der Waals surface area contributed by atoms with Crippen molar-refractivity contribution in [1.82, 2.24) is 19.5 Å². The van der Waals surface area contributed by atoms with Crippen molar-refractivity contribution in [2.75, 3.05) is 0 Å². The molecule has 0 saturated heterocycles. The van der Waals surface area contributed by atoms with Gasteiger partial charge in [0, 0.05) is 49.2 Å². The first-order chi connectivity index (χ1) is 30.7. The van der Waals surface area contributed by atoms with Crippen LogP contribution < -0.4 is 0 Å². The highest BCUT2D eigenvalue weighted by Gasteiger charge is 2.22. The van der Waals surface area contributed by atoms with Crippen molar-refractivity contribution >= 4 is 76.1 Å². The lowest BCUT2D eigenvalue weighted by atomic mass is 9.95. The van der Waals surface area contributed by atoms with Crippen LogP contribution in [0.1, 0.15) is 0 Å². The Labute approximate surface area is 355 Å². The van der Waals surface area contributed by atoms with Crippen molar-refractivity contribution < 1.29 is 4.42 Å². The van der Waals surface area contributed by atoms with Crippen LogP contribution in [0.4, 0.5) is 0 Å². The molecule has 0 radical (unpaired) electrons. The molecule has 3 heterocycles. The highest BCUT2D eigenvalue weighted by atomic mass is 16.3. The standard InChI is InChI=1S/C57H34N4O/c1-2-15-37(16-3-1)55-58-56(41-26-25-35-13-4-5-17-38(35)31-41)60-57(59-55)42-28-30-50(61-49-23-11-10-21-44(49)47-32-39-18-6-7-19-40(39)34-51(47)61)48(33-42)45-22-12-24-52-53(45)46-29-27-36-14-8-9-20-43(36)54(46)62-52/h1-34H. The third kappa shape index (κ3) is 5.38. The summed E-state index contributed by atoms with van der Waals surface area (Å²) >= 11 is 0. The molecule has 0 amide bonds. The van der Waals surface area contributed by atoms with Gasteiger partial charge in [-0.1, -0.05) is 152 Å². The number of hydrogen-bond acceptors (Lipinski definition) is 4. The molecule has 10 aromatic carbocycles. The number of para-hydroxylation sites is 1. The number of aromatic nitrogens is 4. The quantitative estimate of drug-likeness (QED) is 0.174. The molecule has 0 N–H and O–H groups in total. The van der Waals surface area contributed by atoms with Crippen LogP contribution in [0.3, 0.4) is 0 Å². The molecule has 5 heteroatoms. The van der Waals surface area contributed by atoms with Crippen LogP contribution in [0.2, 0.25) is 0 Å². The van der Waals surface area contributed by atoms with Gasteiger partial charge in [0.2, 0.25) is 0 Å². The van der Waals surface area contributed by atoms with Gasteiger partial charge in [0.25, 0.3) is 0 Å². The van der Waals surface area contributed by atoms with Gasteiger partial charge in [-0.3, -0.25) is 0 Å². The molecule has 0 atom stereocenters. The van der Waals surface area contributed by atoms with Crippen molar-refractivity contribution in [3.63, 3.8) is 0 Å². The number of rotatable bonds is 5. The van der Waals surface area contributed by atoms with Crippen molar-refractivity contribution in [1.29, 1.82) is 0 Å². The Hall–Kier alpha value is -8.41. The lowest BCUT2D eigenvalue weighted by molar-refractivity contribution is 0.673. The van der Waals surface area contributed by atoms with Gasteiger partial charge in [-0.25, -0.2) is 15.0 Å². The summed E-state index contributed by atoms with van der Waals surface area (Å²) in [4.78, 5) is 15.6. The summed E-state index contributed by atoms with van der Waals surface area (Å²) in [5.74, 6) is 1.83. The van der Waals surface area contributed by atoms with E-state index < -0.39 is 0 Å². The first kappa shape index (κ1) is 34.5. The Morgan fingerprint density at radius 3 is 1.76 bits per heavy atom. The van der Waals surface area contributed by atoms with Crippen LogP contribution in [0.5, 0.6) is 0 Å². The predicted molar refractivity (Wildman–Crippen MR) is 256 cm³/mol. The topological polar surface area (TPSA) is 56.7 Å². The Kier molecular flexibility index (Phi) is 7.54. The molecule has 3 aromatic heterocycles. The lowest BCUT2D eigenvalue weighted by Gasteiger charge is -2.17. The minimum absolute atomic E-state index is 0.596. The normalized spacial score (nSPS) is 11.9. The summed E-state index contributed by atoms with van der Waals surface area (Å²) in [5.41, 5.74) is 9.87. The first-order valence-corrected chi connectivity index (χ1v) is 20.9. The smallest absolute Gasteiger partial charge is 0.164 e. The van der Waals surface area contributed by atoms with Crippen LogP contribution >= 0.6 is 0 Å². The highest BCUT2D eigenvalue weighted by molar-refractivity contribution is 6.20. The van der Waals surface area contributed by atoms with E-state index in [-0.39, 0.29) is 0 Å². The minimum Gasteiger partial charge on any atom is -0.455 e. The maximum atomic E-state index is 6.78. The van der Waals surface area contributed by atoms with Gasteiger partial charge in [0.1, 0.15) is 11.2 Å². The second-order valence-electron chi connectivity index (χ2n) is 16.0. The molecule has 0 aliphatic heterocycles. The monoisotopic (exact) mass is 790 g/mol. The van der Waals surface area contributed by atoms with E-state index >= 15 is 0 Å². The van der Waals surface area contributed by atoms with Crippen LogP contribution in [0.25, 0.3) is 127 Å². The summed E-state index contributed by atoms with van der Waals surface area (Å²) in [6, 6.07) is 72.9. The summed E-state index contributed by atoms with van der Waals surface area (Å²) in [5, 5.41) is 11.5. The third-order valence-corrected chi connectivity index (χ3v) is 12.4. The summed E-state index contributed by atoms with van der Waals surface area (Å²) in [6.45, 7) is 0. The molecule has 62 heavy (non-hydrogen) atoms. The van der Waals surface area contributed by atoms with Gasteiger partial charge < -0.3 is 8.98 Å². The highest BCUT2D eigenvalue weighted by Crippen LogP contribution is 2.44. The SMILES string of the molecule is c1ccc(-c2nc(-c3ccc(-n4c5ccccc5c5cc6ccccc6cc54)c(-c4cccc5oc6c7ccccc7ccc6c45)c3)nc(-c3ccc4ccccc4c3)n2)cc1. The number of fused-ring (bicyclic) bond motifs is 10. The largest absolute Gasteiger partial charge is 0.455 e. The minimum atomic E-state index is 0.596. The average Bonchev–Trinajstić information content (AvgIpc) is 3.89. The van der Waals surface area contributed by atoms with Gasteiger partial charge in [-0.2, -0.15) is 0 Å². The van der Waals surface area contributed by atoms with E-state index in [1.165, 1.54) is 26.9 Å². The molecule has 288 valence electrons. The second-order valence-corrected chi connectivity index (χ2v) is 16.0. The van der Waals surface area contributed by atoms with Gasteiger partial charge in [-0.15, -0.1) is 0 Å². The second kappa shape index (κ2) is 13.6. The van der Waals surface area contributed by atoms with E-state index in [4.69, 9.17) is 19.4 Å². The Bertz CT molecular complexity index is 3940. The van der Waals surface area contributed by atoms with Crippen molar-refractivity contribution in [3.05, 3.63) is 206 Å². The van der Waals surface area contributed by atoms with Crippen molar-refractivity contribution in [2.45, 2.75) is 0 Å². The fraction of sp³-hybridized carbons (Fsp3) is 0. The molecule has 0 saturated carbocycles. The van der Waals surface area contributed by atoms with E-state index in [9.17, 15) is 0 Å². The van der Waals surface area contributed by atoms with Crippen molar-refractivity contribution in [3.8, 4) is 51.0 Å². The zero-order chi connectivity index (χ0) is 40.7. The van der Waals surface area contributed by atoms with Gasteiger partial charge >= 0.3 is 0 Å². The summed E-state index contributed by atoms with van der Waals surface area (Å²) in [6.07, 6.45) is 0. The average molecular weight is 791 g/mol. The van der Waals surface area contributed by atoms with E-state index in [2.05, 4.69) is 193 Å². The Morgan fingerprint density at radius 1 is 0.339 bits per heavy atom. The zero-order valence-corrected chi connectivity index (χ0v) is 33.3. The zero-order valence-electron chi connectivity index (χ0n) is 33.3. The maximum absolute atomic E-state index is 6.78. The molecule has 5 nitrogen and oxygen atoms in total. The maximum Gasteiger partial charge on any atom is 0.164 e. The number of furan rings is 1. The van der Waals surface area contributed by atoms with Gasteiger partial charge in [0.05, 0.1) is 16.7 Å². The van der Waals surface area contributed by atoms with Crippen LogP contribution in [0.15, 0.2) is 211 Å². The van der Waals surface area contributed by atoms with E-state index in [0.29, 0.717) is 17.5 Å². The Morgan fingerprint density at radius 2 is 0.952 bits per heavy atom. The molecule has 0 spiro atoms. The lowest BCUT2D eigenvalue weighted by Crippen LogP contribution is -2.02. The molecule has 13 rings (SSSR count). The van der Waals surface area contributed by atoms with E-state index in [1.807, 2.05) is 18.2 Å². The fourth-order valence-corrected chi connectivity index (χ4v) is 9.46. The van der Waals surface area contributed by atoms with E-state index in [0.717, 1.165) is 82.6 Å². The molecule has 0 bridgehead atoms. The van der Waals surface area contributed by atoms with Gasteiger partial charge in [-0.05, 0) is 87.1 Å². The number of nitrogens with zero attached hydrogens (tertiary/aromatic N) is 4. The molecular formula is C57H34N4O. The fourth-order valence-electron chi connectivity index (χ4n) is 9.46. The van der Waals surface area contributed by atoms with Crippen LogP contribution in [-0.4, -0.2) is 19.5 Å². The summed E-state index contributed by atoms with van der Waals surface area (Å²) in [7, 11) is 0. The van der Waals surface area contributed by atoms with Crippen LogP contribution in [0, 0.1) is 0 Å². The number of benzene rings is 10. The molecule has 13 aromatic rings.